The lowest BCUT2D eigenvalue weighted by Crippen LogP contribution is -2.07. The molecule has 1 heterocycles. The van der Waals surface area contributed by atoms with Crippen LogP contribution in [0.15, 0.2) is 23.2 Å². The lowest BCUT2D eigenvalue weighted by molar-refractivity contribution is -0.117. The molecule has 0 saturated heterocycles. The molecule has 2 aromatic rings. The minimum Gasteiger partial charge on any atom is -0.347 e. The van der Waals surface area contributed by atoms with Crippen LogP contribution >= 0.6 is 0 Å². The Hall–Kier alpha value is -1.90. The van der Waals surface area contributed by atoms with Gasteiger partial charge < -0.3 is 4.57 Å². The number of carbonyl (C=O) groups excluding carboxylic acids is 1. The Balaban J connectivity index is 2.26. The Morgan fingerprint density at radius 1 is 1.44 bits per heavy atom. The summed E-state index contributed by atoms with van der Waals surface area (Å²) in [6.45, 7) is 3.32. The molecule has 1 aliphatic carbocycles. The van der Waals surface area contributed by atoms with Gasteiger partial charge in [-0.15, -0.1) is 0 Å². The predicted molar refractivity (Wildman–Crippen MR) is 73.2 cm³/mol. The Morgan fingerprint density at radius 2 is 2.28 bits per heavy atom. The van der Waals surface area contributed by atoms with Crippen molar-refractivity contribution in [2.24, 2.45) is 12.0 Å². The molecule has 0 N–H and O–H groups in total. The van der Waals surface area contributed by atoms with Crippen LogP contribution in [0.4, 0.5) is 0 Å². The number of hydrogen-bond donors (Lipinski definition) is 0. The zero-order valence-corrected chi connectivity index (χ0v) is 10.6. The zero-order chi connectivity index (χ0) is 12.7. The van der Waals surface area contributed by atoms with Gasteiger partial charge in [-0.05, 0) is 43.2 Å². The summed E-state index contributed by atoms with van der Waals surface area (Å²) >= 11 is 0. The van der Waals surface area contributed by atoms with Gasteiger partial charge in [-0.2, -0.15) is 0 Å². The van der Waals surface area contributed by atoms with Crippen molar-refractivity contribution in [1.29, 1.82) is 0 Å². The highest BCUT2D eigenvalue weighted by Crippen LogP contribution is 2.34. The third-order valence-corrected chi connectivity index (χ3v) is 3.91. The molecule has 3 rings (SSSR count). The van der Waals surface area contributed by atoms with E-state index in [1.807, 2.05) is 7.05 Å². The normalized spacial score (nSPS) is 13.8. The van der Waals surface area contributed by atoms with Gasteiger partial charge in [0.25, 0.3) is 5.91 Å². The highest BCUT2D eigenvalue weighted by molar-refractivity contribution is 5.92. The van der Waals surface area contributed by atoms with Crippen molar-refractivity contribution in [3.05, 3.63) is 35.0 Å². The van der Waals surface area contributed by atoms with Gasteiger partial charge in [-0.25, -0.2) is 4.99 Å². The average Bonchev–Trinajstić information content (AvgIpc) is 2.67. The SMILES string of the molecule is C=NC(=O)Cc1c2c3c(cccc3n1C)CCC2. The van der Waals surface area contributed by atoms with Crippen LogP contribution in [-0.2, 0) is 31.1 Å². The molecule has 92 valence electrons. The smallest absolute Gasteiger partial charge is 0.251 e. The van der Waals surface area contributed by atoms with Crippen LogP contribution in [0.1, 0.15) is 23.2 Å². The van der Waals surface area contributed by atoms with Gasteiger partial charge in [0.05, 0.1) is 6.42 Å². The van der Waals surface area contributed by atoms with Gasteiger partial charge in [0.15, 0.2) is 0 Å². The Labute approximate surface area is 106 Å². The van der Waals surface area contributed by atoms with Crippen LogP contribution in [0.25, 0.3) is 10.9 Å². The molecule has 18 heavy (non-hydrogen) atoms. The fourth-order valence-corrected chi connectivity index (χ4v) is 3.06. The van der Waals surface area contributed by atoms with E-state index in [4.69, 9.17) is 0 Å². The van der Waals surface area contributed by atoms with E-state index in [9.17, 15) is 4.79 Å². The van der Waals surface area contributed by atoms with E-state index in [1.165, 1.54) is 28.5 Å². The summed E-state index contributed by atoms with van der Waals surface area (Å²) in [4.78, 5) is 15.0. The Morgan fingerprint density at radius 3 is 3.06 bits per heavy atom. The topological polar surface area (TPSA) is 34.4 Å². The second-order valence-electron chi connectivity index (χ2n) is 4.88. The maximum atomic E-state index is 11.5. The molecule has 0 atom stereocenters. The number of carbonyl (C=O) groups is 1. The van der Waals surface area contributed by atoms with Crippen molar-refractivity contribution in [3.63, 3.8) is 0 Å². The van der Waals surface area contributed by atoms with Crippen molar-refractivity contribution >= 4 is 23.5 Å². The average molecular weight is 240 g/mol. The van der Waals surface area contributed by atoms with Crippen molar-refractivity contribution in [3.8, 4) is 0 Å². The van der Waals surface area contributed by atoms with Crippen LogP contribution in [-0.4, -0.2) is 17.2 Å². The second kappa shape index (κ2) is 4.09. The van der Waals surface area contributed by atoms with Crippen molar-refractivity contribution < 1.29 is 4.79 Å². The predicted octanol–water partition coefficient (Wildman–Crippen LogP) is 2.44. The molecular formula is C15H16N2O. The van der Waals surface area contributed by atoms with Gasteiger partial charge in [0.2, 0.25) is 0 Å². The molecule has 1 amide bonds. The first-order chi connectivity index (χ1) is 8.72. The van der Waals surface area contributed by atoms with E-state index in [1.54, 1.807) is 0 Å². The second-order valence-corrected chi connectivity index (χ2v) is 4.88. The summed E-state index contributed by atoms with van der Waals surface area (Å²) in [6, 6.07) is 6.43. The molecular weight excluding hydrogens is 224 g/mol. The Kier molecular flexibility index (Phi) is 2.54. The number of benzene rings is 1. The summed E-state index contributed by atoms with van der Waals surface area (Å²) in [5.74, 6) is -0.149. The summed E-state index contributed by atoms with van der Waals surface area (Å²) in [5.41, 5.74) is 5.09. The summed E-state index contributed by atoms with van der Waals surface area (Å²) in [5, 5.41) is 1.36. The van der Waals surface area contributed by atoms with Crippen molar-refractivity contribution in [1.82, 2.24) is 4.57 Å². The van der Waals surface area contributed by atoms with E-state index in [0.29, 0.717) is 6.42 Å². The number of hydrogen-bond acceptors (Lipinski definition) is 1. The molecule has 0 bridgehead atoms. The summed E-state index contributed by atoms with van der Waals surface area (Å²) < 4.78 is 2.14. The standard InChI is InChI=1S/C15H16N2O/c1-16-14(18)9-13-11-7-3-5-10-6-4-8-12(15(10)11)17(13)2/h4,6,8H,1,3,5,7,9H2,2H3. The van der Waals surface area contributed by atoms with Gasteiger partial charge in [-0.3, -0.25) is 4.79 Å². The monoisotopic (exact) mass is 240 g/mol. The molecule has 0 aliphatic heterocycles. The third-order valence-electron chi connectivity index (χ3n) is 3.91. The van der Waals surface area contributed by atoms with Crippen LogP contribution < -0.4 is 0 Å². The highest BCUT2D eigenvalue weighted by Gasteiger charge is 2.21. The molecule has 3 heteroatoms. The van der Waals surface area contributed by atoms with Crippen LogP contribution in [0, 0.1) is 0 Å². The number of aliphatic imine (C=N–C) groups is 1. The van der Waals surface area contributed by atoms with E-state index in [2.05, 4.69) is 34.5 Å². The van der Waals surface area contributed by atoms with E-state index in [0.717, 1.165) is 18.5 Å². The Bertz CT molecular complexity index is 652. The number of aromatic nitrogens is 1. The highest BCUT2D eigenvalue weighted by atomic mass is 16.1. The first-order valence-electron chi connectivity index (χ1n) is 6.30. The maximum Gasteiger partial charge on any atom is 0.251 e. The van der Waals surface area contributed by atoms with E-state index in [-0.39, 0.29) is 5.91 Å². The van der Waals surface area contributed by atoms with Crippen LogP contribution in [0.3, 0.4) is 0 Å². The zero-order valence-electron chi connectivity index (χ0n) is 10.6. The first kappa shape index (κ1) is 11.2. The van der Waals surface area contributed by atoms with Crippen molar-refractivity contribution in [2.75, 3.05) is 0 Å². The van der Waals surface area contributed by atoms with Crippen molar-refractivity contribution in [2.45, 2.75) is 25.7 Å². The molecule has 1 aromatic carbocycles. The lowest BCUT2D eigenvalue weighted by Gasteiger charge is -2.12. The van der Waals surface area contributed by atoms with Crippen LogP contribution in [0.2, 0.25) is 0 Å². The quantitative estimate of drug-likeness (QED) is 0.742. The molecule has 1 aliphatic rings. The number of aryl methyl sites for hydroxylation is 3. The van der Waals surface area contributed by atoms with Gasteiger partial charge >= 0.3 is 0 Å². The maximum absolute atomic E-state index is 11.5. The minimum atomic E-state index is -0.149. The number of amides is 1. The van der Waals surface area contributed by atoms with Crippen LogP contribution in [0.5, 0.6) is 0 Å². The fourth-order valence-electron chi connectivity index (χ4n) is 3.06. The first-order valence-corrected chi connectivity index (χ1v) is 6.30. The van der Waals surface area contributed by atoms with E-state index < -0.39 is 0 Å². The number of nitrogens with zero attached hydrogens (tertiary/aromatic N) is 2. The molecule has 0 radical (unpaired) electrons. The number of rotatable bonds is 2. The van der Waals surface area contributed by atoms with Gasteiger partial charge in [-0.1, -0.05) is 12.1 Å². The third kappa shape index (κ3) is 1.50. The molecule has 0 saturated carbocycles. The fraction of sp³-hybridized carbons (Fsp3) is 0.333. The summed E-state index contributed by atoms with van der Waals surface area (Å²) in [7, 11) is 2.03. The van der Waals surface area contributed by atoms with E-state index >= 15 is 0 Å². The largest absolute Gasteiger partial charge is 0.347 e. The molecule has 1 aromatic heterocycles. The molecule has 3 nitrogen and oxygen atoms in total. The van der Waals surface area contributed by atoms with Gasteiger partial charge in [0, 0.05) is 23.6 Å². The van der Waals surface area contributed by atoms with Gasteiger partial charge in [0.1, 0.15) is 0 Å². The lowest BCUT2D eigenvalue weighted by atomic mass is 9.91. The molecule has 0 unspecified atom stereocenters. The minimum absolute atomic E-state index is 0.149. The molecule has 0 spiro atoms. The molecule has 0 fully saturated rings. The summed E-state index contributed by atoms with van der Waals surface area (Å²) in [6.07, 6.45) is 3.73.